The maximum Gasteiger partial charge on any atom is 0.264 e. The van der Waals surface area contributed by atoms with Crippen LogP contribution in [0.3, 0.4) is 0 Å². The Bertz CT molecular complexity index is 872. The van der Waals surface area contributed by atoms with Crippen LogP contribution in [0.25, 0.3) is 11.0 Å². The van der Waals surface area contributed by atoms with Gasteiger partial charge >= 0.3 is 0 Å². The number of aromatic hydroxyl groups is 1. The fourth-order valence-corrected chi connectivity index (χ4v) is 2.14. The number of nitrogens with one attached hydrogen (secondary N) is 1. The smallest absolute Gasteiger partial charge is 0.264 e. The van der Waals surface area contributed by atoms with Crippen LogP contribution in [0.4, 0.5) is 0 Å². The Morgan fingerprint density at radius 1 is 1.26 bits per heavy atom. The third-order valence-corrected chi connectivity index (χ3v) is 3.44. The number of carbonyl (C=O) groups excluding carboxylic acids is 1. The van der Waals surface area contributed by atoms with Gasteiger partial charge < -0.3 is 5.11 Å². The minimum Gasteiger partial charge on any atom is -0.507 e. The predicted molar refractivity (Wildman–Crippen MR) is 86.1 cm³/mol. The summed E-state index contributed by atoms with van der Waals surface area (Å²) in [7, 11) is 0. The van der Waals surface area contributed by atoms with Gasteiger partial charge in [0.15, 0.2) is 0 Å². The molecule has 116 valence electrons. The van der Waals surface area contributed by atoms with E-state index in [0.717, 1.165) is 11.0 Å². The summed E-state index contributed by atoms with van der Waals surface area (Å²) in [5.41, 5.74) is 4.47. The van der Waals surface area contributed by atoms with E-state index in [4.69, 9.17) is 0 Å². The average molecular weight is 309 g/mol. The Morgan fingerprint density at radius 3 is 2.83 bits per heavy atom. The molecule has 2 N–H and O–H groups in total. The van der Waals surface area contributed by atoms with Gasteiger partial charge in [0.25, 0.3) is 5.91 Å². The lowest BCUT2D eigenvalue weighted by Crippen LogP contribution is -2.28. The van der Waals surface area contributed by atoms with Crippen LogP contribution in [0.1, 0.15) is 18.5 Å². The molecular formula is C16H15N5O2. The number of hydrazone groups is 1. The van der Waals surface area contributed by atoms with Crippen molar-refractivity contribution in [3.05, 3.63) is 54.1 Å². The number of nitrogens with zero attached hydrogens (tertiary/aromatic N) is 4. The molecule has 0 saturated carbocycles. The number of benzene rings is 2. The minimum atomic E-state index is -0.566. The van der Waals surface area contributed by atoms with Crippen LogP contribution < -0.4 is 5.43 Å². The molecule has 1 heterocycles. The Kier molecular flexibility index (Phi) is 4.01. The van der Waals surface area contributed by atoms with Crippen LogP contribution in [-0.2, 0) is 4.79 Å². The third-order valence-electron chi connectivity index (χ3n) is 3.44. The molecule has 2 aromatic carbocycles. The normalized spacial score (nSPS) is 12.6. The quantitative estimate of drug-likeness (QED) is 0.568. The molecule has 0 fully saturated rings. The maximum absolute atomic E-state index is 12.2. The van der Waals surface area contributed by atoms with Crippen molar-refractivity contribution in [1.29, 1.82) is 0 Å². The molecule has 0 aliphatic carbocycles. The molecule has 7 nitrogen and oxygen atoms in total. The summed E-state index contributed by atoms with van der Waals surface area (Å²) in [6.45, 7) is 1.71. The molecule has 7 heteroatoms. The summed E-state index contributed by atoms with van der Waals surface area (Å²) in [5.74, 6) is -0.229. The highest BCUT2D eigenvalue weighted by atomic mass is 16.3. The van der Waals surface area contributed by atoms with Gasteiger partial charge in [0, 0.05) is 5.56 Å². The fourth-order valence-electron chi connectivity index (χ4n) is 2.14. The Morgan fingerprint density at radius 2 is 2.00 bits per heavy atom. The van der Waals surface area contributed by atoms with Crippen LogP contribution in [0.15, 0.2) is 53.6 Å². The molecule has 1 aromatic heterocycles. The lowest BCUT2D eigenvalue weighted by molar-refractivity contribution is -0.124. The van der Waals surface area contributed by atoms with Crippen molar-refractivity contribution in [3.8, 4) is 5.75 Å². The molecule has 0 saturated heterocycles. The second kappa shape index (κ2) is 6.27. The van der Waals surface area contributed by atoms with Crippen LogP contribution in [0.2, 0.25) is 0 Å². The van der Waals surface area contributed by atoms with Crippen LogP contribution in [0.5, 0.6) is 5.75 Å². The lowest BCUT2D eigenvalue weighted by atomic mass is 10.2. The maximum atomic E-state index is 12.2. The summed E-state index contributed by atoms with van der Waals surface area (Å²) in [4.78, 5) is 12.2. The van der Waals surface area contributed by atoms with Gasteiger partial charge in [-0.15, -0.1) is 5.10 Å². The number of para-hydroxylation sites is 2. The number of carbonyl (C=O) groups is 1. The number of hydrogen-bond acceptors (Lipinski definition) is 5. The highest BCUT2D eigenvalue weighted by molar-refractivity contribution is 5.86. The molecule has 0 aliphatic heterocycles. The van der Waals surface area contributed by atoms with Gasteiger partial charge in [-0.05, 0) is 31.2 Å². The van der Waals surface area contributed by atoms with Crippen molar-refractivity contribution in [3.63, 3.8) is 0 Å². The SMILES string of the molecule is C[C@@H](C(=O)N/N=C\c1ccccc1O)n1nnc2ccccc21. The highest BCUT2D eigenvalue weighted by Gasteiger charge is 2.18. The second-order valence-electron chi connectivity index (χ2n) is 4.99. The molecule has 0 bridgehead atoms. The second-order valence-corrected chi connectivity index (χ2v) is 4.99. The van der Waals surface area contributed by atoms with Crippen molar-refractivity contribution in [2.45, 2.75) is 13.0 Å². The van der Waals surface area contributed by atoms with E-state index < -0.39 is 6.04 Å². The molecule has 0 spiro atoms. The van der Waals surface area contributed by atoms with Gasteiger partial charge in [0.1, 0.15) is 17.3 Å². The first-order chi connectivity index (χ1) is 11.2. The predicted octanol–water partition coefficient (Wildman–Crippen LogP) is 1.85. The van der Waals surface area contributed by atoms with Crippen LogP contribution in [0, 0.1) is 0 Å². The molecule has 3 rings (SSSR count). The average Bonchev–Trinajstić information content (AvgIpc) is 3.00. The molecular weight excluding hydrogens is 294 g/mol. The number of hydrogen-bond donors (Lipinski definition) is 2. The van der Waals surface area contributed by atoms with Gasteiger partial charge in [-0.25, -0.2) is 10.1 Å². The summed E-state index contributed by atoms with van der Waals surface area (Å²) in [6.07, 6.45) is 1.39. The number of phenolic OH excluding ortho intramolecular Hbond substituents is 1. The summed E-state index contributed by atoms with van der Waals surface area (Å²) in [5, 5.41) is 21.5. The van der Waals surface area contributed by atoms with E-state index in [-0.39, 0.29) is 11.7 Å². The molecule has 1 atom stereocenters. The fraction of sp³-hybridized carbons (Fsp3) is 0.125. The van der Waals surface area contributed by atoms with Gasteiger partial charge in [-0.1, -0.05) is 29.5 Å². The minimum absolute atomic E-state index is 0.0980. The Hall–Kier alpha value is -3.22. The zero-order valence-corrected chi connectivity index (χ0v) is 12.4. The van der Waals surface area contributed by atoms with Gasteiger partial charge in [-0.3, -0.25) is 4.79 Å². The van der Waals surface area contributed by atoms with E-state index >= 15 is 0 Å². The van der Waals surface area contributed by atoms with Crippen molar-refractivity contribution >= 4 is 23.2 Å². The largest absolute Gasteiger partial charge is 0.507 e. The molecule has 0 unspecified atom stereocenters. The molecule has 0 radical (unpaired) electrons. The summed E-state index contributed by atoms with van der Waals surface area (Å²) >= 11 is 0. The van der Waals surface area contributed by atoms with Crippen LogP contribution >= 0.6 is 0 Å². The van der Waals surface area contributed by atoms with E-state index in [1.165, 1.54) is 6.21 Å². The van der Waals surface area contributed by atoms with E-state index in [2.05, 4.69) is 20.8 Å². The number of amides is 1. The van der Waals surface area contributed by atoms with Gasteiger partial charge in [-0.2, -0.15) is 5.10 Å². The number of phenols is 1. The van der Waals surface area contributed by atoms with Crippen molar-refractivity contribution in [1.82, 2.24) is 20.4 Å². The zero-order chi connectivity index (χ0) is 16.2. The number of fused-ring (bicyclic) bond motifs is 1. The molecule has 3 aromatic rings. The highest BCUT2D eigenvalue weighted by Crippen LogP contribution is 2.15. The molecule has 1 amide bonds. The van der Waals surface area contributed by atoms with Crippen molar-refractivity contribution in [2.75, 3.05) is 0 Å². The van der Waals surface area contributed by atoms with Gasteiger partial charge in [0.05, 0.1) is 11.7 Å². The van der Waals surface area contributed by atoms with E-state index in [1.807, 2.05) is 24.3 Å². The summed E-state index contributed by atoms with van der Waals surface area (Å²) < 4.78 is 1.54. The zero-order valence-electron chi connectivity index (χ0n) is 12.4. The number of aromatic nitrogens is 3. The monoisotopic (exact) mass is 309 g/mol. The Labute approximate surface area is 132 Å². The van der Waals surface area contributed by atoms with Crippen molar-refractivity contribution < 1.29 is 9.90 Å². The van der Waals surface area contributed by atoms with E-state index in [1.54, 1.807) is 35.9 Å². The first-order valence-electron chi connectivity index (χ1n) is 7.07. The third kappa shape index (κ3) is 3.03. The standard InChI is InChI=1S/C16H15N5O2/c1-11(21-14-8-4-3-7-13(14)18-20-21)16(23)19-17-10-12-6-2-5-9-15(12)22/h2-11,22H,1H3,(H,19,23)/b17-10-/t11-/m0/s1. The van der Waals surface area contributed by atoms with E-state index in [0.29, 0.717) is 5.56 Å². The van der Waals surface area contributed by atoms with E-state index in [9.17, 15) is 9.90 Å². The lowest BCUT2D eigenvalue weighted by Gasteiger charge is -2.10. The van der Waals surface area contributed by atoms with Crippen LogP contribution in [-0.4, -0.2) is 32.2 Å². The molecule has 23 heavy (non-hydrogen) atoms. The Balaban J connectivity index is 1.72. The first kappa shape index (κ1) is 14.7. The topological polar surface area (TPSA) is 92.4 Å². The molecule has 0 aliphatic rings. The van der Waals surface area contributed by atoms with Gasteiger partial charge in [0.2, 0.25) is 0 Å². The first-order valence-corrected chi connectivity index (χ1v) is 7.07. The van der Waals surface area contributed by atoms with Crippen molar-refractivity contribution in [2.24, 2.45) is 5.10 Å². The number of rotatable bonds is 4. The summed E-state index contributed by atoms with van der Waals surface area (Å²) in [6, 6.07) is 13.6.